The summed E-state index contributed by atoms with van der Waals surface area (Å²) in [5, 5.41) is 21.9. The Balaban J connectivity index is 1.37. The number of esters is 2. The van der Waals surface area contributed by atoms with Gasteiger partial charge in [0.05, 0.1) is 24.7 Å². The van der Waals surface area contributed by atoms with Crippen molar-refractivity contribution in [1.82, 2.24) is 9.97 Å². The first-order chi connectivity index (χ1) is 26.8. The first-order valence-electron chi connectivity index (χ1n) is 18.9. The second kappa shape index (κ2) is 19.0. The molecule has 0 saturated carbocycles. The minimum atomic E-state index is -0.884. The Hall–Kier alpha value is -4.66. The lowest BCUT2D eigenvalue weighted by molar-refractivity contribution is -0.0461. The van der Waals surface area contributed by atoms with Crippen molar-refractivity contribution in [1.29, 1.82) is 0 Å². The third kappa shape index (κ3) is 11.2. The van der Waals surface area contributed by atoms with Gasteiger partial charge in [0.15, 0.2) is 17.3 Å². The first kappa shape index (κ1) is 42.5. The van der Waals surface area contributed by atoms with Crippen molar-refractivity contribution >= 4 is 18.0 Å². The number of hydrogen-bond acceptors (Lipinski definition) is 13. The van der Waals surface area contributed by atoms with Crippen LogP contribution in [0, 0.1) is 10.8 Å². The number of nitrogens with zero attached hydrogens (tertiary/aromatic N) is 2. The maximum absolute atomic E-state index is 13.4. The number of cyclic esters (lactones) is 2. The van der Waals surface area contributed by atoms with Gasteiger partial charge in [-0.25, -0.2) is 19.6 Å². The zero-order valence-corrected chi connectivity index (χ0v) is 33.0. The fourth-order valence-corrected chi connectivity index (χ4v) is 6.10. The molecule has 5 unspecified atom stereocenters. The van der Waals surface area contributed by atoms with Crippen LogP contribution < -0.4 is 0 Å². The lowest BCUT2D eigenvalue weighted by atomic mass is 9.79. The number of ether oxygens (including phenoxy) is 5. The Morgan fingerprint density at radius 1 is 0.732 bits per heavy atom. The summed E-state index contributed by atoms with van der Waals surface area (Å²) < 4.78 is 40.3. The van der Waals surface area contributed by atoms with Gasteiger partial charge in [0.1, 0.15) is 49.2 Å². The van der Waals surface area contributed by atoms with Gasteiger partial charge in [-0.2, -0.15) is 0 Å². The Labute approximate surface area is 328 Å². The summed E-state index contributed by atoms with van der Waals surface area (Å²) in [6.45, 7) is 11.0. The fourth-order valence-electron chi connectivity index (χ4n) is 6.10. The molecule has 2 N–H and O–H groups in total. The second-order valence-electron chi connectivity index (χ2n) is 15.1. The van der Waals surface area contributed by atoms with Crippen molar-refractivity contribution in [3.63, 3.8) is 0 Å². The molecule has 2 fully saturated rings. The van der Waals surface area contributed by atoms with Gasteiger partial charge in [-0.3, -0.25) is 0 Å². The molecular weight excluding hydrogens is 720 g/mol. The number of methoxy groups -OCH3 is 1. The molecule has 3 aliphatic rings. The molecule has 2 saturated heterocycles. The van der Waals surface area contributed by atoms with Crippen LogP contribution in [-0.4, -0.2) is 94.2 Å². The van der Waals surface area contributed by atoms with Crippen LogP contribution in [0.3, 0.4) is 0 Å². The number of fused-ring (bicyclic) bond motifs is 6. The highest BCUT2D eigenvalue weighted by Crippen LogP contribution is 2.35. The van der Waals surface area contributed by atoms with Crippen LogP contribution in [0.15, 0.2) is 100 Å². The molecule has 13 heteroatoms. The van der Waals surface area contributed by atoms with Gasteiger partial charge in [-0.05, 0) is 13.8 Å². The average Bonchev–Trinajstić information content (AvgIpc) is 3.96. The molecule has 5 rings (SSSR count). The van der Waals surface area contributed by atoms with Crippen molar-refractivity contribution in [2.75, 3.05) is 7.11 Å². The summed E-state index contributed by atoms with van der Waals surface area (Å²) in [6, 6.07) is 0. The maximum atomic E-state index is 13.4. The predicted octanol–water partition coefficient (Wildman–Crippen LogP) is 6.46. The van der Waals surface area contributed by atoms with E-state index in [0.717, 1.165) is 0 Å². The van der Waals surface area contributed by atoms with Crippen molar-refractivity contribution in [3.8, 4) is 0 Å². The Morgan fingerprint density at radius 3 is 1.80 bits per heavy atom. The van der Waals surface area contributed by atoms with Crippen molar-refractivity contribution in [2.45, 2.75) is 116 Å². The molecular formula is C43H54N2O11. The summed E-state index contributed by atoms with van der Waals surface area (Å²) in [5.74, 6) is -0.844. The molecule has 2 aromatic heterocycles. The molecule has 4 bridgehead atoms. The zero-order chi connectivity index (χ0) is 40.5. The van der Waals surface area contributed by atoms with E-state index >= 15 is 0 Å². The van der Waals surface area contributed by atoms with Crippen molar-refractivity contribution in [2.24, 2.45) is 10.8 Å². The summed E-state index contributed by atoms with van der Waals surface area (Å²) >= 11 is 0. The Kier molecular flexibility index (Phi) is 14.4. The SMILES string of the molecule is C/C=C/C(O)C(C)(C)C1C/C=C/[C@@H]2O[C@@H]2/C=C\C(OC)Cc2nc(co2)C(=O)OC(C(C)(C)C(O)/C=C/C)C/C=C/[C@@H]2O[C@H]2/C=C\C=C/c2nc(co2)C(=O)O1. The molecule has 2 aromatic rings. The average molecular weight is 775 g/mol. The first-order valence-corrected chi connectivity index (χ1v) is 18.9. The molecule has 13 nitrogen and oxygen atoms in total. The molecule has 0 aliphatic carbocycles. The predicted molar refractivity (Wildman–Crippen MR) is 207 cm³/mol. The minimum absolute atomic E-state index is 0.00381. The summed E-state index contributed by atoms with van der Waals surface area (Å²) in [5.41, 5.74) is -1.68. The third-order valence-electron chi connectivity index (χ3n) is 10.2. The third-order valence-corrected chi connectivity index (χ3v) is 10.2. The lowest BCUT2D eigenvalue weighted by Crippen LogP contribution is -2.42. The minimum Gasteiger partial charge on any atom is -0.457 e. The lowest BCUT2D eigenvalue weighted by Gasteiger charge is -2.36. The van der Waals surface area contributed by atoms with Crippen LogP contribution in [0.25, 0.3) is 6.08 Å². The quantitative estimate of drug-likeness (QED) is 0.178. The Bertz CT molecular complexity index is 1840. The molecule has 56 heavy (non-hydrogen) atoms. The Morgan fingerprint density at radius 2 is 1.25 bits per heavy atom. The van der Waals surface area contributed by atoms with Crippen molar-refractivity contribution < 1.29 is 52.3 Å². The van der Waals surface area contributed by atoms with Gasteiger partial charge in [0.25, 0.3) is 0 Å². The van der Waals surface area contributed by atoms with Gasteiger partial charge < -0.3 is 42.7 Å². The van der Waals surface area contributed by atoms with E-state index in [0.29, 0.717) is 12.8 Å². The molecule has 302 valence electrons. The number of aliphatic hydroxyl groups is 2. The maximum Gasteiger partial charge on any atom is 0.360 e. The number of hydrogen-bond donors (Lipinski definition) is 2. The van der Waals surface area contributed by atoms with Crippen LogP contribution >= 0.6 is 0 Å². The smallest absolute Gasteiger partial charge is 0.360 e. The van der Waals surface area contributed by atoms with E-state index in [2.05, 4.69) is 9.97 Å². The number of aromatic nitrogens is 2. The number of epoxide rings is 2. The van der Waals surface area contributed by atoms with Crippen LogP contribution in [-0.2, 0) is 30.1 Å². The van der Waals surface area contributed by atoms with E-state index in [1.165, 1.54) is 12.5 Å². The fraction of sp³-hybridized carbons (Fsp3) is 0.488. The zero-order valence-electron chi connectivity index (χ0n) is 33.0. The summed E-state index contributed by atoms with van der Waals surface area (Å²) in [4.78, 5) is 35.3. The number of oxazole rings is 2. The van der Waals surface area contributed by atoms with E-state index < -0.39 is 53.3 Å². The molecule has 0 amide bonds. The summed E-state index contributed by atoms with van der Waals surface area (Å²) in [6.07, 6.45) is 24.1. The standard InChI is InChI=1S/C43H54N2O11/c1-8-14-34(46)42(3,4)36-20-13-18-32-33(54-32)23-22-27(50-7)24-39-45-29(26-52-39)41(49)56-37(43(5,6)35(47)15-9-2)19-12-17-31-30(53-31)16-10-11-21-38-44-28(25-51-38)40(48)55-36/h8-18,21-23,25-27,30-37,46-47H,19-20,24H2,1-7H3/b14-8+,15-9+,16-10-,17-12+,18-13+,21-11-,23-22-/t27?,30-,31-,32-,33+,34?,35?,36?,37?/m0/s1. The van der Waals surface area contributed by atoms with E-state index in [4.69, 9.17) is 32.5 Å². The van der Waals surface area contributed by atoms with Crippen molar-refractivity contribution in [3.05, 3.63) is 115 Å². The van der Waals surface area contributed by atoms with E-state index in [-0.39, 0.29) is 54.0 Å². The normalized spacial score (nSPS) is 30.9. The largest absolute Gasteiger partial charge is 0.457 e. The molecule has 0 spiro atoms. The van der Waals surface area contributed by atoms with Gasteiger partial charge in [0, 0.05) is 36.9 Å². The number of carbonyl (C=O) groups is 2. The molecule has 5 heterocycles. The van der Waals surface area contributed by atoms with Crippen LogP contribution in [0.1, 0.15) is 87.1 Å². The van der Waals surface area contributed by atoms with Gasteiger partial charge in [-0.1, -0.05) is 107 Å². The number of aliphatic hydroxyl groups excluding tert-OH is 2. The van der Waals surface area contributed by atoms with Gasteiger partial charge >= 0.3 is 11.9 Å². The van der Waals surface area contributed by atoms with Crippen LogP contribution in [0.2, 0.25) is 0 Å². The molecule has 3 aliphatic heterocycles. The van der Waals surface area contributed by atoms with Gasteiger partial charge in [0.2, 0.25) is 5.89 Å². The summed E-state index contributed by atoms with van der Waals surface area (Å²) in [7, 11) is 1.56. The number of rotatable bonds is 7. The monoisotopic (exact) mass is 774 g/mol. The molecule has 0 aromatic carbocycles. The van der Waals surface area contributed by atoms with Crippen LogP contribution in [0.4, 0.5) is 0 Å². The highest BCUT2D eigenvalue weighted by atomic mass is 16.6. The molecule has 0 radical (unpaired) electrons. The highest BCUT2D eigenvalue weighted by molar-refractivity contribution is 5.87. The van der Waals surface area contributed by atoms with E-state index in [1.807, 2.05) is 84.1 Å². The van der Waals surface area contributed by atoms with E-state index in [9.17, 15) is 19.8 Å². The topological polar surface area (TPSA) is 179 Å². The van der Waals surface area contributed by atoms with E-state index in [1.54, 1.807) is 49.6 Å². The number of carbonyl (C=O) groups excluding carboxylic acids is 2. The van der Waals surface area contributed by atoms with Crippen LogP contribution in [0.5, 0.6) is 0 Å². The number of allylic oxidation sites excluding steroid dienone is 4. The van der Waals surface area contributed by atoms with Gasteiger partial charge in [-0.15, -0.1) is 0 Å². The second-order valence-corrected chi connectivity index (χ2v) is 15.1. The highest BCUT2D eigenvalue weighted by Gasteiger charge is 2.41. The molecule has 9 atom stereocenters.